The molecule has 0 aromatic carbocycles. The van der Waals surface area contributed by atoms with Gasteiger partial charge >= 0.3 is 0 Å². The van der Waals surface area contributed by atoms with Gasteiger partial charge < -0.3 is 40.3 Å². The van der Waals surface area contributed by atoms with Gasteiger partial charge in [-0.15, -0.1) is 0 Å². The predicted octanol–water partition coefficient (Wildman–Crippen LogP) is 15.6. The van der Waals surface area contributed by atoms with E-state index in [1.807, 2.05) is 6.08 Å². The first kappa shape index (κ1) is 69.1. The minimum absolute atomic E-state index is 0.207. The second-order valence-electron chi connectivity index (χ2n) is 20.8. The molecule has 9 nitrogen and oxygen atoms in total. The van der Waals surface area contributed by atoms with Crippen molar-refractivity contribution in [3.63, 3.8) is 0 Å². The van der Waals surface area contributed by atoms with Gasteiger partial charge in [0, 0.05) is 6.42 Å². The van der Waals surface area contributed by atoms with Gasteiger partial charge in [-0.2, -0.15) is 0 Å². The Morgan fingerprint density at radius 3 is 1.24 bits per heavy atom. The van der Waals surface area contributed by atoms with Gasteiger partial charge in [-0.1, -0.05) is 265 Å². The van der Waals surface area contributed by atoms with E-state index >= 15 is 0 Å². The van der Waals surface area contributed by atoms with E-state index in [9.17, 15) is 30.3 Å². The van der Waals surface area contributed by atoms with E-state index < -0.39 is 49.5 Å². The van der Waals surface area contributed by atoms with Crippen LogP contribution >= 0.6 is 0 Å². The van der Waals surface area contributed by atoms with Crippen LogP contribution in [0.2, 0.25) is 0 Å². The molecule has 0 aromatic heterocycles. The van der Waals surface area contributed by atoms with Crippen LogP contribution in [0.25, 0.3) is 0 Å². The number of hydrogen-bond donors (Lipinski definition) is 6. The lowest BCUT2D eigenvalue weighted by Gasteiger charge is -2.40. The number of amides is 1. The number of aliphatic hydroxyl groups excluding tert-OH is 5. The Labute approximate surface area is 453 Å². The monoisotopic (exact) mass is 1040 g/mol. The maximum atomic E-state index is 13.1. The quantitative estimate of drug-likeness (QED) is 0.0261. The van der Waals surface area contributed by atoms with Crippen LogP contribution in [0.4, 0.5) is 0 Å². The number of unbranched alkanes of at least 4 members (excludes halogenated alkanes) is 27. The van der Waals surface area contributed by atoms with E-state index in [1.165, 1.54) is 141 Å². The molecule has 1 fully saturated rings. The molecule has 7 atom stereocenters. The fourth-order valence-corrected chi connectivity index (χ4v) is 9.14. The van der Waals surface area contributed by atoms with Gasteiger partial charge in [0.1, 0.15) is 24.4 Å². The number of carbonyl (C=O) groups excluding carboxylic acids is 1. The number of allylic oxidation sites excluding steroid dienone is 15. The second-order valence-corrected chi connectivity index (χ2v) is 20.8. The third-order valence-electron chi connectivity index (χ3n) is 13.9. The maximum absolute atomic E-state index is 13.1. The minimum Gasteiger partial charge on any atom is -0.394 e. The van der Waals surface area contributed by atoms with Crippen LogP contribution in [0.3, 0.4) is 0 Å². The van der Waals surface area contributed by atoms with E-state index in [1.54, 1.807) is 6.08 Å². The molecule has 1 heterocycles. The van der Waals surface area contributed by atoms with Gasteiger partial charge in [-0.25, -0.2) is 0 Å². The highest BCUT2D eigenvalue weighted by Gasteiger charge is 2.44. The highest BCUT2D eigenvalue weighted by atomic mass is 16.7. The van der Waals surface area contributed by atoms with E-state index in [2.05, 4.69) is 104 Å². The molecule has 1 amide bonds. The normalized spacial score (nSPS) is 19.7. The van der Waals surface area contributed by atoms with E-state index in [0.717, 1.165) is 83.5 Å². The smallest absolute Gasteiger partial charge is 0.220 e. The van der Waals surface area contributed by atoms with Crippen molar-refractivity contribution in [1.82, 2.24) is 5.32 Å². The van der Waals surface area contributed by atoms with Gasteiger partial charge in [-0.05, 0) is 77.0 Å². The molecule has 0 bridgehead atoms. The minimum atomic E-state index is -1.58. The Morgan fingerprint density at radius 1 is 0.473 bits per heavy atom. The third-order valence-corrected chi connectivity index (χ3v) is 13.9. The number of aliphatic hydroxyl groups is 5. The highest BCUT2D eigenvalue weighted by molar-refractivity contribution is 5.76. The van der Waals surface area contributed by atoms with Crippen molar-refractivity contribution in [2.75, 3.05) is 13.2 Å². The number of hydrogen-bond acceptors (Lipinski definition) is 8. The molecule has 7 unspecified atom stereocenters. The lowest BCUT2D eigenvalue weighted by molar-refractivity contribution is -0.302. The van der Waals surface area contributed by atoms with Crippen molar-refractivity contribution in [2.45, 2.75) is 294 Å². The summed E-state index contributed by atoms with van der Waals surface area (Å²) < 4.78 is 11.3. The molecule has 1 aliphatic rings. The lowest BCUT2D eigenvalue weighted by atomic mass is 9.99. The Hall–Kier alpha value is -2.89. The van der Waals surface area contributed by atoms with Crippen LogP contribution in [0.1, 0.15) is 251 Å². The molecule has 74 heavy (non-hydrogen) atoms. The average molecular weight is 1040 g/mol. The highest BCUT2D eigenvalue weighted by Crippen LogP contribution is 2.23. The van der Waals surface area contributed by atoms with Crippen LogP contribution in [0, 0.1) is 0 Å². The first-order valence-corrected chi connectivity index (χ1v) is 30.5. The van der Waals surface area contributed by atoms with Crippen molar-refractivity contribution in [3.05, 3.63) is 97.2 Å². The summed E-state index contributed by atoms with van der Waals surface area (Å²) in [6, 6.07) is -0.831. The zero-order valence-electron chi connectivity index (χ0n) is 47.3. The number of nitrogens with one attached hydrogen (secondary N) is 1. The fraction of sp³-hybridized carbons (Fsp3) is 0.738. The SMILES string of the molecule is CC/C=C\C/C=C\C/C=C\C/C=C\C/C=C\C/C=C\C/C=C\CCCCCC(=O)NC(COC1OC(CO)C(O)C(O)C1O)C(O)/C=C/CCCCCCCCCCCCCCCCCCCCCCCCCC. The molecule has 0 radical (unpaired) electrons. The molecule has 426 valence electrons. The lowest BCUT2D eigenvalue weighted by Crippen LogP contribution is -2.60. The van der Waals surface area contributed by atoms with E-state index in [-0.39, 0.29) is 12.5 Å². The summed E-state index contributed by atoms with van der Waals surface area (Å²) in [5, 5.41) is 54.6. The van der Waals surface area contributed by atoms with Crippen LogP contribution in [-0.2, 0) is 14.3 Å². The Balaban J connectivity index is 2.26. The molecule has 1 saturated heterocycles. The first-order valence-electron chi connectivity index (χ1n) is 30.5. The van der Waals surface area contributed by atoms with Crippen molar-refractivity contribution in [2.24, 2.45) is 0 Å². The van der Waals surface area contributed by atoms with E-state index in [4.69, 9.17) is 9.47 Å². The third kappa shape index (κ3) is 42.2. The number of rotatable bonds is 51. The predicted molar refractivity (Wildman–Crippen MR) is 313 cm³/mol. The molecule has 0 saturated carbocycles. The molecule has 6 N–H and O–H groups in total. The zero-order chi connectivity index (χ0) is 53.6. The van der Waals surface area contributed by atoms with Gasteiger partial charge in [0.2, 0.25) is 5.91 Å². The van der Waals surface area contributed by atoms with Gasteiger partial charge in [0.05, 0.1) is 25.4 Å². The largest absolute Gasteiger partial charge is 0.394 e. The summed E-state index contributed by atoms with van der Waals surface area (Å²) in [6.07, 6.45) is 70.5. The summed E-state index contributed by atoms with van der Waals surface area (Å²) in [4.78, 5) is 13.1. The second kappa shape index (κ2) is 53.5. The summed E-state index contributed by atoms with van der Waals surface area (Å²) in [5.74, 6) is -0.210. The van der Waals surface area contributed by atoms with Crippen LogP contribution in [-0.4, -0.2) is 87.5 Å². The number of ether oxygens (including phenoxy) is 2. The van der Waals surface area contributed by atoms with Gasteiger partial charge in [0.15, 0.2) is 6.29 Å². The number of carbonyl (C=O) groups is 1. The fourth-order valence-electron chi connectivity index (χ4n) is 9.14. The van der Waals surface area contributed by atoms with Crippen LogP contribution in [0.15, 0.2) is 97.2 Å². The molecule has 0 aliphatic carbocycles. The zero-order valence-corrected chi connectivity index (χ0v) is 47.3. The van der Waals surface area contributed by atoms with Crippen molar-refractivity contribution >= 4 is 5.91 Å². The molecule has 0 aromatic rings. The van der Waals surface area contributed by atoms with Crippen LogP contribution < -0.4 is 5.32 Å². The summed E-state index contributed by atoms with van der Waals surface area (Å²) >= 11 is 0. The van der Waals surface area contributed by atoms with Crippen LogP contribution in [0.5, 0.6) is 0 Å². The Morgan fingerprint density at radius 2 is 0.838 bits per heavy atom. The molecule has 1 rings (SSSR count). The standard InChI is InChI=1S/C65H113NO8/c1-3-5-7-9-11-13-15-17-19-21-23-25-27-29-31-32-34-36-38-40-42-44-46-48-50-52-54-59(68)58(57-73-65-64(72)63(71)62(70)60(56-67)74-65)66-61(69)55-53-51-49-47-45-43-41-39-37-35-33-30-28-26-24-22-20-18-16-14-12-10-8-6-4-2/h6,8,12,14,18,20,24,26,30,33,37,39,43,45,52,54,58-60,62-65,67-68,70-72H,3-5,7,9-11,13,15-17,19,21-23,25,27-29,31-32,34-36,38,40-42,44,46-51,53,55-57H2,1-2H3,(H,66,69)/b8-6-,14-12-,20-18-,26-24-,33-30-,39-37-,45-43-,54-52+. The Kier molecular flexibility index (Phi) is 50.0. The first-order chi connectivity index (χ1) is 36.3. The Bertz CT molecular complexity index is 1480. The van der Waals surface area contributed by atoms with Crippen molar-refractivity contribution < 1.29 is 39.8 Å². The molecular weight excluding hydrogens is 923 g/mol. The van der Waals surface area contributed by atoms with Gasteiger partial charge in [-0.3, -0.25) is 4.79 Å². The molecule has 1 aliphatic heterocycles. The van der Waals surface area contributed by atoms with E-state index in [0.29, 0.717) is 12.8 Å². The topological polar surface area (TPSA) is 149 Å². The molecule has 9 heteroatoms. The maximum Gasteiger partial charge on any atom is 0.220 e. The summed E-state index contributed by atoms with van der Waals surface area (Å²) in [6.45, 7) is 3.66. The molecular formula is C65H113NO8. The molecule has 0 spiro atoms. The summed E-state index contributed by atoms with van der Waals surface area (Å²) in [5.41, 5.74) is 0. The summed E-state index contributed by atoms with van der Waals surface area (Å²) in [7, 11) is 0. The van der Waals surface area contributed by atoms with Crippen molar-refractivity contribution in [3.8, 4) is 0 Å². The van der Waals surface area contributed by atoms with Crippen molar-refractivity contribution in [1.29, 1.82) is 0 Å². The average Bonchev–Trinajstić information content (AvgIpc) is 3.40. The van der Waals surface area contributed by atoms with Gasteiger partial charge in [0.25, 0.3) is 0 Å².